The zero-order valence-corrected chi connectivity index (χ0v) is 17.2. The van der Waals surface area contributed by atoms with Gasteiger partial charge >= 0.3 is 0 Å². The van der Waals surface area contributed by atoms with E-state index in [0.717, 1.165) is 34.5 Å². The molecule has 1 aromatic carbocycles. The Bertz CT molecular complexity index is 958. The van der Waals surface area contributed by atoms with Crippen LogP contribution in [0.4, 0.5) is 0 Å². The topological polar surface area (TPSA) is 75.5 Å². The summed E-state index contributed by atoms with van der Waals surface area (Å²) < 4.78 is 31.1. The Labute approximate surface area is 167 Å². The molecule has 0 bridgehead atoms. The van der Waals surface area contributed by atoms with Gasteiger partial charge < -0.3 is 14.2 Å². The average molecular weight is 404 g/mol. The highest BCUT2D eigenvalue weighted by Gasteiger charge is 2.19. The molecule has 8 heteroatoms. The van der Waals surface area contributed by atoms with E-state index in [4.69, 9.17) is 14.2 Å². The predicted octanol–water partition coefficient (Wildman–Crippen LogP) is 3.07. The van der Waals surface area contributed by atoms with Gasteiger partial charge in [0.15, 0.2) is 0 Å². The fourth-order valence-corrected chi connectivity index (χ4v) is 4.18. The van der Waals surface area contributed by atoms with Crippen molar-refractivity contribution in [3.8, 4) is 5.75 Å². The van der Waals surface area contributed by atoms with E-state index in [0.29, 0.717) is 18.4 Å². The lowest BCUT2D eigenvalue weighted by molar-refractivity contribution is 0.127. The third-order valence-electron chi connectivity index (χ3n) is 4.36. The zero-order chi connectivity index (χ0) is 19.9. The Morgan fingerprint density at radius 2 is 1.93 bits per heavy atom. The van der Waals surface area contributed by atoms with Gasteiger partial charge in [0.2, 0.25) is 5.16 Å². The summed E-state index contributed by atoms with van der Waals surface area (Å²) in [7, 11) is 1.90. The number of pyridine rings is 1. The summed E-state index contributed by atoms with van der Waals surface area (Å²) in [4.78, 5) is 8.97. The highest BCUT2D eigenvalue weighted by atomic mass is 32.2. The van der Waals surface area contributed by atoms with E-state index in [1.807, 2.05) is 41.8 Å². The first-order valence-electron chi connectivity index (χ1n) is 9.04. The highest BCUT2D eigenvalue weighted by molar-refractivity contribution is 7.84. The predicted molar refractivity (Wildman–Crippen MR) is 108 cm³/mol. The molecule has 150 valence electrons. The lowest BCUT2D eigenvalue weighted by atomic mass is 10.2. The standard InChI is InChI=1S/C20H25N3O4S/c1-15-17(21-10-9-19(15)27-12-6-11-25-2)13-28(24)20-22-16-7-4-5-8-18(16)23(20)14-26-3/h4-5,7-10H,6,11-14H2,1-3H3. The van der Waals surface area contributed by atoms with Crippen LogP contribution < -0.4 is 4.74 Å². The second kappa shape index (κ2) is 9.77. The van der Waals surface area contributed by atoms with E-state index >= 15 is 0 Å². The minimum absolute atomic E-state index is 0.258. The van der Waals surface area contributed by atoms with E-state index in [9.17, 15) is 4.21 Å². The van der Waals surface area contributed by atoms with Gasteiger partial charge in [-0.2, -0.15) is 0 Å². The second-order valence-electron chi connectivity index (χ2n) is 6.29. The minimum atomic E-state index is -1.37. The Morgan fingerprint density at radius 1 is 1.11 bits per heavy atom. The Morgan fingerprint density at radius 3 is 2.71 bits per heavy atom. The summed E-state index contributed by atoms with van der Waals surface area (Å²) in [5, 5.41) is 0.482. The number of ether oxygens (including phenoxy) is 3. The SMILES string of the molecule is COCCCOc1ccnc(CS(=O)c2nc3ccccc3n2COC)c1C. The van der Waals surface area contributed by atoms with Gasteiger partial charge in [-0.25, -0.2) is 4.98 Å². The van der Waals surface area contributed by atoms with Crippen LogP contribution in [0.15, 0.2) is 41.7 Å². The van der Waals surface area contributed by atoms with Gasteiger partial charge in [-0.05, 0) is 25.1 Å². The van der Waals surface area contributed by atoms with Crippen LogP contribution in [0.3, 0.4) is 0 Å². The Balaban J connectivity index is 1.81. The lowest BCUT2D eigenvalue weighted by Crippen LogP contribution is -2.11. The summed E-state index contributed by atoms with van der Waals surface area (Å²) in [5.74, 6) is 1.01. The summed E-state index contributed by atoms with van der Waals surface area (Å²) in [6.07, 6.45) is 2.49. The quantitative estimate of drug-likeness (QED) is 0.484. The molecule has 7 nitrogen and oxygen atoms in total. The normalized spacial score (nSPS) is 12.4. The largest absolute Gasteiger partial charge is 0.493 e. The van der Waals surface area contributed by atoms with Crippen molar-refractivity contribution >= 4 is 21.8 Å². The maximum atomic E-state index is 13.1. The van der Waals surface area contributed by atoms with Crippen LogP contribution >= 0.6 is 0 Å². The van der Waals surface area contributed by atoms with E-state index in [1.165, 1.54) is 0 Å². The van der Waals surface area contributed by atoms with Gasteiger partial charge in [-0.15, -0.1) is 0 Å². The molecule has 0 aliphatic carbocycles. The fraction of sp³-hybridized carbons (Fsp3) is 0.400. The number of fused-ring (bicyclic) bond motifs is 1. The number of methoxy groups -OCH3 is 2. The number of aromatic nitrogens is 3. The van der Waals surface area contributed by atoms with Crippen LogP contribution in [0.25, 0.3) is 11.0 Å². The molecule has 1 atom stereocenters. The van der Waals surface area contributed by atoms with Crippen molar-refractivity contribution in [1.29, 1.82) is 0 Å². The molecular weight excluding hydrogens is 378 g/mol. The number of hydrogen-bond acceptors (Lipinski definition) is 6. The molecule has 0 aliphatic rings. The molecule has 28 heavy (non-hydrogen) atoms. The number of rotatable bonds is 10. The van der Waals surface area contributed by atoms with Crippen LogP contribution in [0, 0.1) is 6.92 Å². The van der Waals surface area contributed by atoms with Gasteiger partial charge in [0.05, 0.1) is 39.9 Å². The fourth-order valence-electron chi connectivity index (χ4n) is 2.92. The molecule has 0 amide bonds. The minimum Gasteiger partial charge on any atom is -0.493 e. The van der Waals surface area contributed by atoms with Crippen molar-refractivity contribution in [1.82, 2.24) is 14.5 Å². The van der Waals surface area contributed by atoms with Gasteiger partial charge in [0.1, 0.15) is 12.5 Å². The van der Waals surface area contributed by atoms with Crippen LogP contribution in [-0.4, -0.2) is 46.2 Å². The molecule has 0 aliphatic heterocycles. The number of imidazole rings is 1. The summed E-state index contributed by atoms with van der Waals surface area (Å²) in [6, 6.07) is 9.52. The van der Waals surface area contributed by atoms with Gasteiger partial charge in [0.25, 0.3) is 0 Å². The van der Waals surface area contributed by atoms with Crippen molar-refractivity contribution in [3.05, 3.63) is 47.8 Å². The maximum absolute atomic E-state index is 13.1. The highest BCUT2D eigenvalue weighted by Crippen LogP contribution is 2.24. The molecule has 0 fully saturated rings. The van der Waals surface area contributed by atoms with Crippen molar-refractivity contribution in [2.24, 2.45) is 0 Å². The van der Waals surface area contributed by atoms with Crippen LogP contribution in [-0.2, 0) is 32.8 Å². The van der Waals surface area contributed by atoms with Gasteiger partial charge in [-0.3, -0.25) is 13.8 Å². The van der Waals surface area contributed by atoms with E-state index in [-0.39, 0.29) is 12.5 Å². The van der Waals surface area contributed by atoms with E-state index in [2.05, 4.69) is 9.97 Å². The molecule has 3 aromatic rings. The third-order valence-corrected chi connectivity index (χ3v) is 5.61. The van der Waals surface area contributed by atoms with Crippen molar-refractivity contribution < 1.29 is 18.4 Å². The van der Waals surface area contributed by atoms with E-state index in [1.54, 1.807) is 20.4 Å². The smallest absolute Gasteiger partial charge is 0.202 e. The number of nitrogens with zero attached hydrogens (tertiary/aromatic N) is 3. The van der Waals surface area contributed by atoms with Crippen LogP contribution in [0.2, 0.25) is 0 Å². The summed E-state index contributed by atoms with van der Waals surface area (Å²) in [5.41, 5.74) is 3.32. The molecule has 2 heterocycles. The van der Waals surface area contributed by atoms with Crippen molar-refractivity contribution in [2.45, 2.75) is 31.0 Å². The molecule has 1 unspecified atom stereocenters. The molecule has 0 N–H and O–H groups in total. The number of para-hydroxylation sites is 2. The van der Waals surface area contributed by atoms with Gasteiger partial charge in [-0.1, -0.05) is 12.1 Å². The number of benzene rings is 1. The molecule has 3 rings (SSSR count). The lowest BCUT2D eigenvalue weighted by Gasteiger charge is -2.12. The molecule has 0 radical (unpaired) electrons. The van der Waals surface area contributed by atoms with Crippen LogP contribution in [0.5, 0.6) is 5.75 Å². The maximum Gasteiger partial charge on any atom is 0.202 e. The number of hydrogen-bond donors (Lipinski definition) is 0. The van der Waals surface area contributed by atoms with Crippen molar-refractivity contribution in [2.75, 3.05) is 27.4 Å². The molecule has 2 aromatic heterocycles. The first-order chi connectivity index (χ1) is 13.7. The average Bonchev–Trinajstić information content (AvgIpc) is 3.07. The summed E-state index contributed by atoms with van der Waals surface area (Å²) >= 11 is 0. The molecule has 0 spiro atoms. The summed E-state index contributed by atoms with van der Waals surface area (Å²) in [6.45, 7) is 3.43. The molecule has 0 saturated heterocycles. The van der Waals surface area contributed by atoms with E-state index < -0.39 is 10.8 Å². The monoisotopic (exact) mass is 403 g/mol. The third kappa shape index (κ3) is 4.57. The Hall–Kier alpha value is -2.29. The first-order valence-corrected chi connectivity index (χ1v) is 10.4. The van der Waals surface area contributed by atoms with Crippen molar-refractivity contribution in [3.63, 3.8) is 0 Å². The molecular formula is C20H25N3O4S. The zero-order valence-electron chi connectivity index (χ0n) is 16.4. The first kappa shape index (κ1) is 20.4. The van der Waals surface area contributed by atoms with Crippen LogP contribution in [0.1, 0.15) is 17.7 Å². The van der Waals surface area contributed by atoms with Gasteiger partial charge in [0, 0.05) is 39.0 Å². The Kier molecular flexibility index (Phi) is 7.13. The molecule has 0 saturated carbocycles. The second-order valence-corrected chi connectivity index (χ2v) is 7.64.